The Balaban J connectivity index is 1.86. The zero-order valence-electron chi connectivity index (χ0n) is 13.8. The van der Waals surface area contributed by atoms with E-state index < -0.39 is 22.8 Å². The summed E-state index contributed by atoms with van der Waals surface area (Å²) in [5, 5.41) is -0.670. The fraction of sp³-hybridized carbons (Fsp3) is 0.278. The minimum absolute atomic E-state index is 0.0142. The van der Waals surface area contributed by atoms with Crippen molar-refractivity contribution < 1.29 is 18.0 Å². The van der Waals surface area contributed by atoms with E-state index in [1.807, 2.05) is 43.3 Å². The SMILES string of the molecule is CN(C)c1ccc(CN2C(=O)CSC2c2ccc(F)c(F)c2F)cc1. The summed E-state index contributed by atoms with van der Waals surface area (Å²) in [5.41, 5.74) is 1.89. The molecule has 3 rings (SSSR count). The maximum absolute atomic E-state index is 14.1. The molecule has 1 heterocycles. The average Bonchev–Trinajstić information content (AvgIpc) is 2.94. The first kappa shape index (κ1) is 17.7. The number of carbonyl (C=O) groups is 1. The van der Waals surface area contributed by atoms with Gasteiger partial charge < -0.3 is 9.80 Å². The lowest BCUT2D eigenvalue weighted by atomic mass is 10.1. The molecule has 1 aliphatic heterocycles. The quantitative estimate of drug-likeness (QED) is 0.766. The summed E-state index contributed by atoms with van der Waals surface area (Å²) in [6, 6.07) is 9.73. The van der Waals surface area contributed by atoms with Gasteiger partial charge in [0.1, 0.15) is 5.37 Å². The highest BCUT2D eigenvalue weighted by Crippen LogP contribution is 2.41. The molecule has 0 bridgehead atoms. The van der Waals surface area contributed by atoms with Crippen LogP contribution in [0.4, 0.5) is 18.9 Å². The van der Waals surface area contributed by atoms with Crippen molar-refractivity contribution >= 4 is 23.4 Å². The van der Waals surface area contributed by atoms with Crippen molar-refractivity contribution in [1.29, 1.82) is 0 Å². The first-order valence-electron chi connectivity index (χ1n) is 7.69. The molecule has 1 atom stereocenters. The summed E-state index contributed by atoms with van der Waals surface area (Å²) < 4.78 is 40.8. The van der Waals surface area contributed by atoms with Crippen LogP contribution in [-0.4, -0.2) is 30.7 Å². The number of amides is 1. The lowest BCUT2D eigenvalue weighted by molar-refractivity contribution is -0.128. The molecule has 1 amide bonds. The third-order valence-electron chi connectivity index (χ3n) is 4.10. The minimum atomic E-state index is -1.51. The van der Waals surface area contributed by atoms with Crippen LogP contribution in [0.5, 0.6) is 0 Å². The van der Waals surface area contributed by atoms with Gasteiger partial charge in [0.25, 0.3) is 0 Å². The van der Waals surface area contributed by atoms with Crippen LogP contribution in [0.3, 0.4) is 0 Å². The van der Waals surface area contributed by atoms with Gasteiger partial charge in [-0.15, -0.1) is 11.8 Å². The number of nitrogens with zero attached hydrogens (tertiary/aromatic N) is 2. The Morgan fingerprint density at radius 1 is 1.08 bits per heavy atom. The largest absolute Gasteiger partial charge is 0.378 e. The van der Waals surface area contributed by atoms with Gasteiger partial charge in [0, 0.05) is 31.9 Å². The van der Waals surface area contributed by atoms with Crippen molar-refractivity contribution in [3.05, 3.63) is 65.0 Å². The van der Waals surface area contributed by atoms with Crippen LogP contribution in [0, 0.1) is 17.5 Å². The molecule has 7 heteroatoms. The van der Waals surface area contributed by atoms with Crippen LogP contribution >= 0.6 is 11.8 Å². The normalized spacial score (nSPS) is 17.2. The van der Waals surface area contributed by atoms with Crippen LogP contribution in [0.1, 0.15) is 16.5 Å². The van der Waals surface area contributed by atoms with E-state index >= 15 is 0 Å². The second kappa shape index (κ2) is 7.00. The Morgan fingerprint density at radius 2 is 1.76 bits per heavy atom. The summed E-state index contributed by atoms with van der Waals surface area (Å²) >= 11 is 1.21. The van der Waals surface area contributed by atoms with Gasteiger partial charge in [-0.1, -0.05) is 18.2 Å². The van der Waals surface area contributed by atoms with Crippen LogP contribution in [-0.2, 0) is 11.3 Å². The van der Waals surface area contributed by atoms with E-state index in [0.717, 1.165) is 17.3 Å². The molecular weight excluding hydrogens is 349 g/mol. The van der Waals surface area contributed by atoms with Crippen LogP contribution in [0.15, 0.2) is 36.4 Å². The van der Waals surface area contributed by atoms with Gasteiger partial charge in [-0.05, 0) is 23.8 Å². The average molecular weight is 366 g/mol. The number of benzene rings is 2. The Kier molecular flexibility index (Phi) is 4.94. The van der Waals surface area contributed by atoms with Crippen molar-refractivity contribution in [3.63, 3.8) is 0 Å². The first-order chi connectivity index (χ1) is 11.9. The summed E-state index contributed by atoms with van der Waals surface area (Å²) in [5.74, 6) is -3.95. The number of halogens is 3. The van der Waals surface area contributed by atoms with E-state index in [2.05, 4.69) is 0 Å². The fourth-order valence-electron chi connectivity index (χ4n) is 2.71. The van der Waals surface area contributed by atoms with E-state index in [4.69, 9.17) is 0 Å². The molecule has 1 aliphatic rings. The molecule has 0 radical (unpaired) electrons. The topological polar surface area (TPSA) is 23.6 Å². The lowest BCUT2D eigenvalue weighted by Crippen LogP contribution is -2.28. The van der Waals surface area contributed by atoms with Gasteiger partial charge >= 0.3 is 0 Å². The van der Waals surface area contributed by atoms with Gasteiger partial charge in [-0.3, -0.25) is 4.79 Å². The maximum atomic E-state index is 14.1. The molecule has 1 saturated heterocycles. The standard InChI is InChI=1S/C18H17F3N2OS/c1-22(2)12-5-3-11(4-6-12)9-23-15(24)10-25-18(23)13-7-8-14(19)17(21)16(13)20/h3-8,18H,9-10H2,1-2H3. The molecule has 0 aromatic heterocycles. The molecular formula is C18H17F3N2OS. The van der Waals surface area contributed by atoms with Crippen molar-refractivity contribution in [3.8, 4) is 0 Å². The Labute approximate surface area is 148 Å². The van der Waals surface area contributed by atoms with Crippen molar-refractivity contribution in [2.45, 2.75) is 11.9 Å². The van der Waals surface area contributed by atoms with E-state index in [0.29, 0.717) is 0 Å². The van der Waals surface area contributed by atoms with E-state index in [9.17, 15) is 18.0 Å². The Morgan fingerprint density at radius 3 is 2.40 bits per heavy atom. The summed E-state index contributed by atoms with van der Waals surface area (Å²) in [4.78, 5) is 15.7. The number of rotatable bonds is 4. The van der Waals surface area contributed by atoms with Gasteiger partial charge in [0.2, 0.25) is 5.91 Å². The molecule has 0 spiro atoms. The highest BCUT2D eigenvalue weighted by molar-refractivity contribution is 8.00. The molecule has 2 aromatic rings. The minimum Gasteiger partial charge on any atom is -0.378 e. The molecule has 132 valence electrons. The van der Waals surface area contributed by atoms with Crippen molar-refractivity contribution in [2.24, 2.45) is 0 Å². The molecule has 1 fully saturated rings. The monoisotopic (exact) mass is 366 g/mol. The lowest BCUT2D eigenvalue weighted by Gasteiger charge is -2.25. The smallest absolute Gasteiger partial charge is 0.234 e. The number of hydrogen-bond acceptors (Lipinski definition) is 3. The van der Waals surface area contributed by atoms with Gasteiger partial charge in [-0.2, -0.15) is 0 Å². The third kappa shape index (κ3) is 3.46. The highest BCUT2D eigenvalue weighted by atomic mass is 32.2. The zero-order chi connectivity index (χ0) is 18.1. The zero-order valence-corrected chi connectivity index (χ0v) is 14.6. The summed E-state index contributed by atoms with van der Waals surface area (Å²) in [6.07, 6.45) is 0. The number of carbonyl (C=O) groups excluding carboxylic acids is 1. The Bertz CT molecular complexity index is 796. The summed E-state index contributed by atoms with van der Waals surface area (Å²) in [7, 11) is 3.86. The van der Waals surface area contributed by atoms with Gasteiger partial charge in [0.15, 0.2) is 17.5 Å². The summed E-state index contributed by atoms with van der Waals surface area (Å²) in [6.45, 7) is 0.280. The maximum Gasteiger partial charge on any atom is 0.234 e. The van der Waals surface area contributed by atoms with E-state index in [1.165, 1.54) is 22.7 Å². The predicted molar refractivity (Wildman–Crippen MR) is 92.8 cm³/mol. The predicted octanol–water partition coefficient (Wildman–Crippen LogP) is 3.94. The fourth-order valence-corrected chi connectivity index (χ4v) is 3.91. The molecule has 3 nitrogen and oxygen atoms in total. The van der Waals surface area contributed by atoms with Crippen LogP contribution < -0.4 is 4.90 Å². The van der Waals surface area contributed by atoms with Gasteiger partial charge in [0.05, 0.1) is 5.75 Å². The van der Waals surface area contributed by atoms with Crippen molar-refractivity contribution in [2.75, 3.05) is 24.7 Å². The number of thioether (sulfide) groups is 1. The van der Waals surface area contributed by atoms with E-state index in [1.54, 1.807) is 0 Å². The van der Waals surface area contributed by atoms with Crippen LogP contribution in [0.25, 0.3) is 0 Å². The van der Waals surface area contributed by atoms with E-state index in [-0.39, 0.29) is 23.8 Å². The molecule has 0 aliphatic carbocycles. The third-order valence-corrected chi connectivity index (χ3v) is 5.34. The second-order valence-corrected chi connectivity index (χ2v) is 7.08. The molecule has 0 N–H and O–H groups in total. The number of hydrogen-bond donors (Lipinski definition) is 0. The Hall–Kier alpha value is -2.15. The number of anilines is 1. The molecule has 0 saturated carbocycles. The molecule has 2 aromatic carbocycles. The van der Waals surface area contributed by atoms with Gasteiger partial charge in [-0.25, -0.2) is 13.2 Å². The second-order valence-electron chi connectivity index (χ2n) is 6.01. The molecule has 25 heavy (non-hydrogen) atoms. The molecule has 1 unspecified atom stereocenters. The highest BCUT2D eigenvalue weighted by Gasteiger charge is 2.35. The van der Waals surface area contributed by atoms with Crippen LogP contribution in [0.2, 0.25) is 0 Å². The van der Waals surface area contributed by atoms with Crippen molar-refractivity contribution in [1.82, 2.24) is 4.90 Å². The first-order valence-corrected chi connectivity index (χ1v) is 8.74.